The van der Waals surface area contributed by atoms with Crippen molar-refractivity contribution in [3.63, 3.8) is 0 Å². The van der Waals surface area contributed by atoms with Gasteiger partial charge in [-0.3, -0.25) is 0 Å². The Morgan fingerprint density at radius 2 is 1.83 bits per heavy atom. The minimum Gasteiger partial charge on any atom is -0.394 e. The summed E-state index contributed by atoms with van der Waals surface area (Å²) in [4.78, 5) is 10.1. The molecule has 12 heavy (non-hydrogen) atoms. The molecule has 7 N–H and O–H groups in total. The number of hydrogen-bond donors (Lipinski definition) is 5. The molecule has 6 nitrogen and oxygen atoms in total. The van der Waals surface area contributed by atoms with E-state index in [0.717, 1.165) is 0 Å². The zero-order valence-electron chi connectivity index (χ0n) is 6.50. The number of rotatable bonds is 5. The summed E-state index contributed by atoms with van der Waals surface area (Å²) in [6.07, 6.45) is -2.39. The van der Waals surface area contributed by atoms with Crippen LogP contribution in [0.5, 0.6) is 0 Å². The molecule has 0 aliphatic carbocycles. The quantitative estimate of drug-likeness (QED) is 0.278. The lowest BCUT2D eigenvalue weighted by Gasteiger charge is -2.24. The van der Waals surface area contributed by atoms with Crippen LogP contribution in [0.1, 0.15) is 0 Å². The van der Waals surface area contributed by atoms with Crippen molar-refractivity contribution in [2.24, 2.45) is 11.5 Å². The van der Waals surface area contributed by atoms with Gasteiger partial charge in [-0.2, -0.15) is 0 Å². The van der Waals surface area contributed by atoms with E-state index in [-0.39, 0.29) is 0 Å². The van der Waals surface area contributed by atoms with Crippen molar-refractivity contribution in [1.29, 1.82) is 0 Å². The molecule has 0 heterocycles. The Kier molecular flexibility index (Phi) is 4.95. The average molecular weight is 178 g/mol. The molecule has 0 spiro atoms. The summed E-state index contributed by atoms with van der Waals surface area (Å²) in [6.45, 7) is -0.625. The van der Waals surface area contributed by atoms with E-state index in [4.69, 9.17) is 26.8 Å². The summed E-state index contributed by atoms with van der Waals surface area (Å²) in [6, 6.07) is -2.11. The number of carbonyl (C=O) groups excluding carboxylic acids is 1. The van der Waals surface area contributed by atoms with E-state index in [1.165, 1.54) is 0 Å². The van der Waals surface area contributed by atoms with Gasteiger partial charge in [-0.05, 0) is 0 Å². The summed E-state index contributed by atoms with van der Waals surface area (Å²) in [5.74, 6) is 0. The molecule has 0 bridgehead atoms. The smallest absolute Gasteiger partial charge is 0.138 e. The molecule has 0 aliphatic heterocycles. The van der Waals surface area contributed by atoms with Crippen molar-refractivity contribution in [3.8, 4) is 0 Å². The fourth-order valence-electron chi connectivity index (χ4n) is 0.683. The third-order valence-electron chi connectivity index (χ3n) is 1.58. The van der Waals surface area contributed by atoms with Crippen molar-refractivity contribution < 1.29 is 20.1 Å². The minimum atomic E-state index is -1.39. The molecule has 0 aliphatic rings. The molecule has 0 aromatic carbocycles. The van der Waals surface area contributed by atoms with E-state index in [1.54, 1.807) is 0 Å². The van der Waals surface area contributed by atoms with Crippen molar-refractivity contribution in [1.82, 2.24) is 0 Å². The number of aliphatic hydroxyl groups excluding tert-OH is 3. The van der Waals surface area contributed by atoms with Gasteiger partial charge in [0, 0.05) is 0 Å². The summed E-state index contributed by atoms with van der Waals surface area (Å²) in [5, 5.41) is 26.4. The predicted octanol–water partition coefficient (Wildman–Crippen LogP) is -3.45. The lowest BCUT2D eigenvalue weighted by atomic mass is 10.0. The van der Waals surface area contributed by atoms with Crippen LogP contribution < -0.4 is 11.5 Å². The Morgan fingerprint density at radius 1 is 1.33 bits per heavy atom. The van der Waals surface area contributed by atoms with E-state index < -0.39 is 30.9 Å². The van der Waals surface area contributed by atoms with Crippen LogP contribution in [-0.4, -0.2) is 52.5 Å². The monoisotopic (exact) mass is 178 g/mol. The average Bonchev–Trinajstić information content (AvgIpc) is 2.12. The maximum absolute atomic E-state index is 10.1. The second kappa shape index (κ2) is 5.18. The second-order valence-electron chi connectivity index (χ2n) is 2.53. The molecule has 4 unspecified atom stereocenters. The topological polar surface area (TPSA) is 130 Å². The maximum Gasteiger partial charge on any atom is 0.138 e. The first-order chi connectivity index (χ1) is 5.54. The van der Waals surface area contributed by atoms with Gasteiger partial charge in [0.1, 0.15) is 12.4 Å². The fourth-order valence-corrected chi connectivity index (χ4v) is 0.683. The highest BCUT2D eigenvalue weighted by Crippen LogP contribution is 1.99. The molecule has 0 aromatic rings. The normalized spacial score (nSPS) is 21.1. The van der Waals surface area contributed by atoms with Crippen LogP contribution in [-0.2, 0) is 4.79 Å². The molecule has 0 amide bonds. The van der Waals surface area contributed by atoms with Crippen LogP contribution in [0.3, 0.4) is 0 Å². The van der Waals surface area contributed by atoms with E-state index in [0.29, 0.717) is 6.29 Å². The van der Waals surface area contributed by atoms with Crippen molar-refractivity contribution in [2.45, 2.75) is 24.3 Å². The molecular weight excluding hydrogens is 164 g/mol. The molecular formula is C6H14N2O4. The van der Waals surface area contributed by atoms with Crippen LogP contribution in [0.15, 0.2) is 0 Å². The molecule has 0 rings (SSSR count). The van der Waals surface area contributed by atoms with Gasteiger partial charge >= 0.3 is 0 Å². The highest BCUT2D eigenvalue weighted by atomic mass is 16.4. The molecule has 4 atom stereocenters. The Labute approximate surface area is 69.8 Å². The zero-order chi connectivity index (χ0) is 9.72. The first kappa shape index (κ1) is 11.5. The van der Waals surface area contributed by atoms with Crippen molar-refractivity contribution in [3.05, 3.63) is 0 Å². The largest absolute Gasteiger partial charge is 0.394 e. The zero-order valence-corrected chi connectivity index (χ0v) is 6.50. The minimum absolute atomic E-state index is 0.373. The molecule has 0 saturated carbocycles. The van der Waals surface area contributed by atoms with Crippen LogP contribution >= 0.6 is 0 Å². The molecule has 6 heteroatoms. The fraction of sp³-hybridized carbons (Fsp3) is 0.833. The van der Waals surface area contributed by atoms with Crippen LogP contribution in [0.25, 0.3) is 0 Å². The van der Waals surface area contributed by atoms with Gasteiger partial charge in [-0.15, -0.1) is 0 Å². The molecule has 0 aromatic heterocycles. The van der Waals surface area contributed by atoms with Crippen LogP contribution in [0.4, 0.5) is 0 Å². The first-order valence-corrected chi connectivity index (χ1v) is 3.48. The Hall–Kier alpha value is -0.530. The van der Waals surface area contributed by atoms with Gasteiger partial charge in [0.25, 0.3) is 0 Å². The number of carbonyl (C=O) groups is 1. The highest BCUT2D eigenvalue weighted by Gasteiger charge is 2.27. The lowest BCUT2D eigenvalue weighted by molar-refractivity contribution is -0.110. The number of hydrogen-bond acceptors (Lipinski definition) is 6. The van der Waals surface area contributed by atoms with Gasteiger partial charge in [-0.1, -0.05) is 0 Å². The number of aliphatic hydroxyl groups is 3. The highest BCUT2D eigenvalue weighted by molar-refractivity contribution is 5.58. The predicted molar refractivity (Wildman–Crippen MR) is 41.1 cm³/mol. The van der Waals surface area contributed by atoms with Crippen molar-refractivity contribution in [2.75, 3.05) is 6.61 Å². The maximum atomic E-state index is 10.1. The van der Waals surface area contributed by atoms with E-state index in [2.05, 4.69) is 0 Å². The number of nitrogens with two attached hydrogens (primary N) is 2. The summed E-state index contributed by atoms with van der Waals surface area (Å²) in [7, 11) is 0. The third-order valence-corrected chi connectivity index (χ3v) is 1.58. The summed E-state index contributed by atoms with van der Waals surface area (Å²) >= 11 is 0. The third kappa shape index (κ3) is 2.84. The van der Waals surface area contributed by atoms with Gasteiger partial charge in [-0.25, -0.2) is 0 Å². The van der Waals surface area contributed by atoms with Crippen molar-refractivity contribution >= 4 is 6.29 Å². The van der Waals surface area contributed by atoms with Gasteiger partial charge < -0.3 is 31.6 Å². The van der Waals surface area contributed by atoms with Gasteiger partial charge in [0.2, 0.25) is 0 Å². The van der Waals surface area contributed by atoms with Crippen LogP contribution in [0.2, 0.25) is 0 Å². The molecule has 0 radical (unpaired) electrons. The molecule has 72 valence electrons. The van der Waals surface area contributed by atoms with E-state index in [1.807, 2.05) is 0 Å². The Balaban J connectivity index is 4.07. The molecule has 0 fully saturated rings. The SMILES string of the molecule is NC(C=O)C(N)C(O)C(O)CO. The standard InChI is InChI=1S/C6H14N2O4/c7-3(1-9)5(8)6(12)4(11)2-10/h1,3-6,10-12H,2,7-8H2. The van der Waals surface area contributed by atoms with Crippen LogP contribution in [0, 0.1) is 0 Å². The Morgan fingerprint density at radius 3 is 2.17 bits per heavy atom. The number of aldehydes is 1. The van der Waals surface area contributed by atoms with E-state index in [9.17, 15) is 4.79 Å². The molecule has 0 saturated heterocycles. The Bertz CT molecular complexity index is 144. The van der Waals surface area contributed by atoms with Gasteiger partial charge in [0.15, 0.2) is 0 Å². The summed E-state index contributed by atoms with van der Waals surface area (Å²) < 4.78 is 0. The lowest BCUT2D eigenvalue weighted by Crippen LogP contribution is -2.55. The van der Waals surface area contributed by atoms with Gasteiger partial charge in [0.05, 0.1) is 24.8 Å². The van der Waals surface area contributed by atoms with E-state index >= 15 is 0 Å². The summed E-state index contributed by atoms with van der Waals surface area (Å²) in [5.41, 5.74) is 10.4. The second-order valence-corrected chi connectivity index (χ2v) is 2.53. The first-order valence-electron chi connectivity index (χ1n) is 3.48.